The molecule has 162 valence electrons. The lowest BCUT2D eigenvalue weighted by molar-refractivity contribution is -0.149. The van der Waals surface area contributed by atoms with Crippen LogP contribution in [-0.4, -0.2) is 67.6 Å². The molecule has 3 rings (SSSR count). The van der Waals surface area contributed by atoms with Crippen LogP contribution in [0.25, 0.3) is 0 Å². The molecule has 0 aliphatic carbocycles. The summed E-state index contributed by atoms with van der Waals surface area (Å²) in [4.78, 5) is 21.6. The highest BCUT2D eigenvalue weighted by molar-refractivity contribution is 14.0. The van der Waals surface area contributed by atoms with Gasteiger partial charge in [-0.05, 0) is 44.2 Å². The first kappa shape index (κ1) is 23.9. The average Bonchev–Trinajstić information content (AvgIpc) is 2.73. The number of hydrogen-bond donors (Lipinski definition) is 1. The largest absolute Gasteiger partial charge is 0.466 e. The number of nitrogens with one attached hydrogen (secondary N) is 1. The summed E-state index contributed by atoms with van der Waals surface area (Å²) in [6.45, 7) is 10.9. The Balaban J connectivity index is 0.00000300. The molecule has 2 aliphatic heterocycles. The summed E-state index contributed by atoms with van der Waals surface area (Å²) >= 11 is 0. The third kappa shape index (κ3) is 6.84. The van der Waals surface area contributed by atoms with Crippen LogP contribution in [0.1, 0.15) is 37.8 Å². The van der Waals surface area contributed by atoms with Crippen molar-refractivity contribution in [1.82, 2.24) is 15.1 Å². The van der Waals surface area contributed by atoms with Crippen LogP contribution in [-0.2, 0) is 22.5 Å². The van der Waals surface area contributed by atoms with E-state index in [0.717, 1.165) is 71.0 Å². The zero-order valence-corrected chi connectivity index (χ0v) is 20.1. The molecule has 0 radical (unpaired) electrons. The Morgan fingerprint density at radius 2 is 1.90 bits per heavy atom. The minimum atomic E-state index is -0.0468. The maximum absolute atomic E-state index is 11.9. The fourth-order valence-corrected chi connectivity index (χ4v) is 4.06. The molecule has 0 atom stereocenters. The maximum Gasteiger partial charge on any atom is 0.309 e. The minimum Gasteiger partial charge on any atom is -0.466 e. The second-order valence-corrected chi connectivity index (χ2v) is 7.54. The molecule has 1 saturated heterocycles. The Kier molecular flexibility index (Phi) is 10.2. The molecule has 2 heterocycles. The van der Waals surface area contributed by atoms with Crippen molar-refractivity contribution >= 4 is 35.9 Å². The summed E-state index contributed by atoms with van der Waals surface area (Å²) in [7, 11) is 0. The molecule has 0 aromatic heterocycles. The number of carbonyl (C=O) groups is 1. The van der Waals surface area contributed by atoms with Crippen LogP contribution in [0.2, 0.25) is 0 Å². The van der Waals surface area contributed by atoms with E-state index < -0.39 is 0 Å². The van der Waals surface area contributed by atoms with Crippen LogP contribution in [0, 0.1) is 5.92 Å². The lowest BCUT2D eigenvalue weighted by Crippen LogP contribution is -2.47. The number of guanidine groups is 1. The van der Waals surface area contributed by atoms with Gasteiger partial charge in [0, 0.05) is 39.3 Å². The minimum absolute atomic E-state index is 0. The molecule has 1 aromatic rings. The molecular weight excluding hydrogens is 479 g/mol. The number of halogens is 1. The van der Waals surface area contributed by atoms with Crippen molar-refractivity contribution in [2.24, 2.45) is 10.9 Å². The highest BCUT2D eigenvalue weighted by atomic mass is 127. The average molecular weight is 514 g/mol. The number of esters is 1. The van der Waals surface area contributed by atoms with E-state index in [1.54, 1.807) is 0 Å². The number of piperidine rings is 1. The Morgan fingerprint density at radius 3 is 2.59 bits per heavy atom. The number of fused-ring (bicyclic) bond motifs is 1. The number of likely N-dealkylation sites (tertiary alicyclic amines) is 1. The molecule has 0 unspecified atom stereocenters. The molecule has 2 aliphatic rings. The Morgan fingerprint density at radius 1 is 1.17 bits per heavy atom. The van der Waals surface area contributed by atoms with Gasteiger partial charge in [0.2, 0.25) is 0 Å². The lowest BCUT2D eigenvalue weighted by atomic mass is 9.97. The standard InChI is InChI=1S/C22H34N4O2.HI/c1-3-23-22(26-14-10-19(11-15-26)21(27)28-4-2)24-12-16-25-13-9-18-7-5-6-8-20(18)17-25;/h5-8,19H,3-4,9-17H2,1-2H3,(H,23,24);1H. The molecular formula is C22H35IN4O2. The molecule has 29 heavy (non-hydrogen) atoms. The van der Waals surface area contributed by atoms with E-state index in [4.69, 9.17) is 9.73 Å². The van der Waals surface area contributed by atoms with E-state index >= 15 is 0 Å². The Hall–Kier alpha value is -1.35. The second kappa shape index (κ2) is 12.4. The molecule has 6 nitrogen and oxygen atoms in total. The van der Waals surface area contributed by atoms with Gasteiger partial charge in [-0.1, -0.05) is 24.3 Å². The van der Waals surface area contributed by atoms with Crippen molar-refractivity contribution in [3.63, 3.8) is 0 Å². The van der Waals surface area contributed by atoms with Gasteiger partial charge in [0.25, 0.3) is 0 Å². The number of hydrogen-bond acceptors (Lipinski definition) is 4. The molecule has 1 N–H and O–H groups in total. The van der Waals surface area contributed by atoms with E-state index in [9.17, 15) is 4.79 Å². The molecule has 7 heteroatoms. The molecule has 0 bridgehead atoms. The molecule has 0 saturated carbocycles. The van der Waals surface area contributed by atoms with Crippen LogP contribution in [0.4, 0.5) is 0 Å². The highest BCUT2D eigenvalue weighted by Gasteiger charge is 2.27. The molecule has 0 amide bonds. The van der Waals surface area contributed by atoms with Crippen LogP contribution in [0.3, 0.4) is 0 Å². The summed E-state index contributed by atoms with van der Waals surface area (Å²) in [5.74, 6) is 0.962. The second-order valence-electron chi connectivity index (χ2n) is 7.54. The van der Waals surface area contributed by atoms with Crippen molar-refractivity contribution in [2.45, 2.75) is 39.7 Å². The number of ether oxygens (including phenoxy) is 1. The molecule has 0 spiro atoms. The van der Waals surface area contributed by atoms with E-state index in [0.29, 0.717) is 6.61 Å². The van der Waals surface area contributed by atoms with Gasteiger partial charge in [-0.15, -0.1) is 24.0 Å². The smallest absolute Gasteiger partial charge is 0.309 e. The number of nitrogens with zero attached hydrogens (tertiary/aromatic N) is 3. The first-order valence-corrected chi connectivity index (χ1v) is 10.7. The van der Waals surface area contributed by atoms with E-state index in [-0.39, 0.29) is 35.9 Å². The van der Waals surface area contributed by atoms with Gasteiger partial charge in [0.05, 0.1) is 19.1 Å². The zero-order chi connectivity index (χ0) is 19.8. The molecule has 1 aromatic carbocycles. The lowest BCUT2D eigenvalue weighted by Gasteiger charge is -2.33. The van der Waals surface area contributed by atoms with Crippen molar-refractivity contribution < 1.29 is 9.53 Å². The monoisotopic (exact) mass is 514 g/mol. The van der Waals surface area contributed by atoms with Crippen molar-refractivity contribution in [2.75, 3.05) is 45.9 Å². The SMILES string of the molecule is CCNC(=NCCN1CCc2ccccc2C1)N1CCC(C(=O)OCC)CC1.I. The summed E-state index contributed by atoms with van der Waals surface area (Å²) < 4.78 is 5.17. The first-order chi connectivity index (χ1) is 13.7. The zero-order valence-electron chi connectivity index (χ0n) is 17.7. The molecule has 1 fully saturated rings. The first-order valence-electron chi connectivity index (χ1n) is 10.7. The summed E-state index contributed by atoms with van der Waals surface area (Å²) in [6.07, 6.45) is 2.81. The van der Waals surface area contributed by atoms with Crippen LogP contribution < -0.4 is 5.32 Å². The maximum atomic E-state index is 11.9. The summed E-state index contributed by atoms with van der Waals surface area (Å²) in [6, 6.07) is 8.74. The third-order valence-corrected chi connectivity index (χ3v) is 5.64. The number of carbonyl (C=O) groups excluding carboxylic acids is 1. The van der Waals surface area contributed by atoms with Crippen LogP contribution in [0.5, 0.6) is 0 Å². The van der Waals surface area contributed by atoms with E-state index in [1.165, 1.54) is 11.1 Å². The quantitative estimate of drug-likeness (QED) is 0.274. The fraction of sp³-hybridized carbons (Fsp3) is 0.636. The topological polar surface area (TPSA) is 57.2 Å². The fourth-order valence-electron chi connectivity index (χ4n) is 4.06. The predicted octanol–water partition coefficient (Wildman–Crippen LogP) is 2.90. The van der Waals surface area contributed by atoms with Gasteiger partial charge >= 0.3 is 5.97 Å². The van der Waals surface area contributed by atoms with Gasteiger partial charge in [0.1, 0.15) is 0 Å². The Labute approximate surface area is 192 Å². The predicted molar refractivity (Wildman–Crippen MR) is 128 cm³/mol. The Bertz CT molecular complexity index is 675. The number of rotatable bonds is 6. The van der Waals surface area contributed by atoms with Crippen LogP contribution in [0.15, 0.2) is 29.3 Å². The van der Waals surface area contributed by atoms with E-state index in [1.807, 2.05) is 6.92 Å². The van der Waals surface area contributed by atoms with Gasteiger partial charge in [-0.25, -0.2) is 0 Å². The van der Waals surface area contributed by atoms with Gasteiger partial charge in [-0.3, -0.25) is 14.7 Å². The van der Waals surface area contributed by atoms with Gasteiger partial charge in [-0.2, -0.15) is 0 Å². The van der Waals surface area contributed by atoms with Gasteiger partial charge < -0.3 is 15.0 Å². The number of aliphatic imine (C=N–C) groups is 1. The normalized spacial score (nSPS) is 18.0. The summed E-state index contributed by atoms with van der Waals surface area (Å²) in [5, 5.41) is 3.42. The third-order valence-electron chi connectivity index (χ3n) is 5.64. The van der Waals surface area contributed by atoms with Crippen molar-refractivity contribution in [3.05, 3.63) is 35.4 Å². The summed E-state index contributed by atoms with van der Waals surface area (Å²) in [5.41, 5.74) is 2.94. The van der Waals surface area contributed by atoms with E-state index in [2.05, 4.69) is 46.3 Å². The van der Waals surface area contributed by atoms with Crippen molar-refractivity contribution in [1.29, 1.82) is 0 Å². The van der Waals surface area contributed by atoms with Crippen LogP contribution >= 0.6 is 24.0 Å². The van der Waals surface area contributed by atoms with Crippen molar-refractivity contribution in [3.8, 4) is 0 Å². The number of benzene rings is 1. The highest BCUT2D eigenvalue weighted by Crippen LogP contribution is 2.19. The van der Waals surface area contributed by atoms with Gasteiger partial charge in [0.15, 0.2) is 5.96 Å².